The second-order valence-electron chi connectivity index (χ2n) is 10.9. The van der Waals surface area contributed by atoms with Crippen molar-refractivity contribution >= 4 is 23.2 Å². The number of thiophene rings is 1. The maximum absolute atomic E-state index is 13.8. The fraction of sp³-hybridized carbons (Fsp3) is 0.400. The van der Waals surface area contributed by atoms with Crippen molar-refractivity contribution in [2.24, 2.45) is 5.92 Å². The molecule has 2 aromatic carbocycles. The summed E-state index contributed by atoms with van der Waals surface area (Å²) in [4.78, 5) is 32.1. The highest BCUT2D eigenvalue weighted by Gasteiger charge is 2.34. The number of amides is 2. The summed E-state index contributed by atoms with van der Waals surface area (Å²) in [5.41, 5.74) is 4.30. The molecule has 0 saturated carbocycles. The molecular weight excluding hydrogens is 452 g/mol. The largest absolute Gasteiger partial charge is 0.330 e. The molecule has 1 aromatic heterocycles. The van der Waals surface area contributed by atoms with Gasteiger partial charge in [-0.05, 0) is 58.0 Å². The molecule has 1 unspecified atom stereocenters. The van der Waals surface area contributed by atoms with Gasteiger partial charge in [0.25, 0.3) is 5.91 Å². The summed E-state index contributed by atoms with van der Waals surface area (Å²) in [5.74, 6) is 0.171. The molecule has 1 aliphatic rings. The minimum Gasteiger partial charge on any atom is -0.330 e. The van der Waals surface area contributed by atoms with E-state index in [0.717, 1.165) is 12.0 Å². The van der Waals surface area contributed by atoms with Crippen LogP contribution in [-0.2, 0) is 16.6 Å². The van der Waals surface area contributed by atoms with Crippen LogP contribution in [0.5, 0.6) is 0 Å². The first kappa shape index (κ1) is 25.2. The number of hydrogen-bond donors (Lipinski definition) is 0. The summed E-state index contributed by atoms with van der Waals surface area (Å²) in [5, 5.41) is 2.12. The first-order valence-corrected chi connectivity index (χ1v) is 13.3. The van der Waals surface area contributed by atoms with Crippen molar-refractivity contribution < 1.29 is 9.59 Å². The van der Waals surface area contributed by atoms with E-state index in [0.29, 0.717) is 18.7 Å². The summed E-state index contributed by atoms with van der Waals surface area (Å²) < 4.78 is 0. The molecule has 1 aliphatic heterocycles. The molecule has 184 valence electrons. The second-order valence-corrected chi connectivity index (χ2v) is 11.9. The van der Waals surface area contributed by atoms with Crippen LogP contribution in [-0.4, -0.2) is 41.2 Å². The van der Waals surface area contributed by atoms with Gasteiger partial charge < -0.3 is 9.80 Å². The van der Waals surface area contributed by atoms with E-state index in [1.807, 2.05) is 35.2 Å². The Bertz CT molecular complexity index is 1160. The van der Waals surface area contributed by atoms with Crippen molar-refractivity contribution in [2.45, 2.75) is 52.5 Å². The maximum Gasteiger partial charge on any atom is 0.254 e. The smallest absolute Gasteiger partial charge is 0.254 e. The standard InChI is InChI=1S/C30H36N2O2S/c1-21(2)19-31(29(34)23-9-7-6-8-10-23)20-27(33)32-17-15-26-25(16-18-35-26)28(32)22-11-13-24(14-12-22)30(3,4)5/h6-14,16,18,21,28H,15,17,19-20H2,1-5H3. The number of nitrogens with zero attached hydrogens (tertiary/aromatic N) is 2. The Morgan fingerprint density at radius 1 is 1.03 bits per heavy atom. The van der Waals surface area contributed by atoms with Crippen LogP contribution in [0.25, 0.3) is 0 Å². The summed E-state index contributed by atoms with van der Waals surface area (Å²) in [6.45, 7) is 12.1. The number of rotatable bonds is 6. The maximum atomic E-state index is 13.8. The van der Waals surface area contributed by atoms with Crippen LogP contribution in [0, 0.1) is 5.92 Å². The number of fused-ring (bicyclic) bond motifs is 1. The van der Waals surface area contributed by atoms with Gasteiger partial charge in [-0.2, -0.15) is 0 Å². The SMILES string of the molecule is CC(C)CN(CC(=O)N1CCc2sccc2C1c1ccc(C(C)(C)C)cc1)C(=O)c1ccccc1. The zero-order valence-corrected chi connectivity index (χ0v) is 22.3. The number of hydrogen-bond acceptors (Lipinski definition) is 3. The molecule has 35 heavy (non-hydrogen) atoms. The van der Waals surface area contributed by atoms with E-state index in [2.05, 4.69) is 70.3 Å². The molecule has 0 aliphatic carbocycles. The van der Waals surface area contributed by atoms with Crippen molar-refractivity contribution in [2.75, 3.05) is 19.6 Å². The zero-order chi connectivity index (χ0) is 25.2. The highest BCUT2D eigenvalue weighted by molar-refractivity contribution is 7.10. The third kappa shape index (κ3) is 5.67. The van der Waals surface area contributed by atoms with Gasteiger partial charge in [-0.1, -0.05) is 77.1 Å². The molecule has 1 atom stereocenters. The first-order chi connectivity index (χ1) is 16.6. The Hall–Kier alpha value is -2.92. The van der Waals surface area contributed by atoms with E-state index in [4.69, 9.17) is 0 Å². The fourth-order valence-electron chi connectivity index (χ4n) is 4.79. The molecule has 0 N–H and O–H groups in total. The van der Waals surface area contributed by atoms with Crippen molar-refractivity contribution in [1.29, 1.82) is 0 Å². The quantitative estimate of drug-likeness (QED) is 0.407. The Kier molecular flexibility index (Phi) is 7.46. The molecule has 0 radical (unpaired) electrons. The van der Waals surface area contributed by atoms with E-state index < -0.39 is 0 Å². The molecule has 0 spiro atoms. The minimum atomic E-state index is -0.126. The van der Waals surface area contributed by atoms with Crippen LogP contribution in [0.2, 0.25) is 0 Å². The van der Waals surface area contributed by atoms with Gasteiger partial charge in [0.05, 0.1) is 6.04 Å². The molecule has 2 amide bonds. The normalized spacial score (nSPS) is 15.7. The van der Waals surface area contributed by atoms with Crippen LogP contribution < -0.4 is 0 Å². The number of carbonyl (C=O) groups is 2. The Labute approximate surface area is 213 Å². The van der Waals surface area contributed by atoms with Gasteiger partial charge in [-0.3, -0.25) is 9.59 Å². The summed E-state index contributed by atoms with van der Waals surface area (Å²) in [7, 11) is 0. The van der Waals surface area contributed by atoms with Gasteiger partial charge in [0.15, 0.2) is 0 Å². The van der Waals surface area contributed by atoms with Gasteiger partial charge in [0.2, 0.25) is 5.91 Å². The van der Waals surface area contributed by atoms with Crippen LogP contribution in [0.1, 0.15) is 72.6 Å². The third-order valence-corrected chi connectivity index (χ3v) is 7.59. The zero-order valence-electron chi connectivity index (χ0n) is 21.5. The predicted octanol–water partition coefficient (Wildman–Crippen LogP) is 6.32. The fourth-order valence-corrected chi connectivity index (χ4v) is 5.69. The van der Waals surface area contributed by atoms with E-state index in [9.17, 15) is 9.59 Å². The molecule has 2 heterocycles. The summed E-state index contributed by atoms with van der Waals surface area (Å²) in [6, 6.07) is 20.0. The van der Waals surface area contributed by atoms with Gasteiger partial charge in [0.1, 0.15) is 6.54 Å². The Morgan fingerprint density at radius 2 is 1.71 bits per heavy atom. The monoisotopic (exact) mass is 488 g/mol. The Balaban J connectivity index is 1.63. The molecule has 0 fully saturated rings. The van der Waals surface area contributed by atoms with Crippen molar-refractivity contribution in [1.82, 2.24) is 9.80 Å². The lowest BCUT2D eigenvalue weighted by Crippen LogP contribution is -2.47. The van der Waals surface area contributed by atoms with Crippen molar-refractivity contribution in [3.63, 3.8) is 0 Å². The van der Waals surface area contributed by atoms with Crippen molar-refractivity contribution in [3.8, 4) is 0 Å². The molecular formula is C30H36N2O2S. The Morgan fingerprint density at radius 3 is 2.34 bits per heavy atom. The molecule has 3 aromatic rings. The van der Waals surface area contributed by atoms with E-state index in [-0.39, 0.29) is 35.7 Å². The summed E-state index contributed by atoms with van der Waals surface area (Å²) in [6.07, 6.45) is 0.853. The van der Waals surface area contributed by atoms with Gasteiger partial charge in [-0.15, -0.1) is 11.3 Å². The predicted molar refractivity (Wildman–Crippen MR) is 144 cm³/mol. The lowest BCUT2D eigenvalue weighted by atomic mass is 9.85. The van der Waals surface area contributed by atoms with Gasteiger partial charge in [0, 0.05) is 23.5 Å². The highest BCUT2D eigenvalue weighted by Crippen LogP contribution is 2.38. The lowest BCUT2D eigenvalue weighted by Gasteiger charge is -2.38. The molecule has 4 rings (SSSR count). The summed E-state index contributed by atoms with van der Waals surface area (Å²) >= 11 is 1.77. The van der Waals surface area contributed by atoms with E-state index in [1.165, 1.54) is 16.0 Å². The molecule has 5 heteroatoms. The van der Waals surface area contributed by atoms with E-state index in [1.54, 1.807) is 16.2 Å². The number of benzene rings is 2. The van der Waals surface area contributed by atoms with Gasteiger partial charge in [-0.25, -0.2) is 0 Å². The first-order valence-electron chi connectivity index (χ1n) is 12.5. The lowest BCUT2D eigenvalue weighted by molar-refractivity contribution is -0.134. The third-order valence-electron chi connectivity index (χ3n) is 6.60. The minimum absolute atomic E-state index is 0.00307. The van der Waals surface area contributed by atoms with Crippen LogP contribution in [0.15, 0.2) is 66.0 Å². The molecule has 0 bridgehead atoms. The topological polar surface area (TPSA) is 40.6 Å². The highest BCUT2D eigenvalue weighted by atomic mass is 32.1. The van der Waals surface area contributed by atoms with Gasteiger partial charge >= 0.3 is 0 Å². The van der Waals surface area contributed by atoms with Crippen LogP contribution in [0.3, 0.4) is 0 Å². The number of carbonyl (C=O) groups excluding carboxylic acids is 2. The average molecular weight is 489 g/mol. The van der Waals surface area contributed by atoms with Crippen molar-refractivity contribution in [3.05, 3.63) is 93.2 Å². The van der Waals surface area contributed by atoms with Crippen LogP contribution in [0.4, 0.5) is 0 Å². The average Bonchev–Trinajstić information content (AvgIpc) is 3.31. The molecule has 4 nitrogen and oxygen atoms in total. The second kappa shape index (κ2) is 10.4. The van der Waals surface area contributed by atoms with E-state index >= 15 is 0 Å². The molecule has 0 saturated heterocycles. The van der Waals surface area contributed by atoms with Crippen LogP contribution >= 0.6 is 11.3 Å².